The van der Waals surface area contributed by atoms with Crippen LogP contribution in [0, 0.1) is 6.92 Å². The van der Waals surface area contributed by atoms with Crippen LogP contribution in [-0.4, -0.2) is 38.1 Å². The molecule has 2 aromatic rings. The summed E-state index contributed by atoms with van der Waals surface area (Å²) < 4.78 is 28.4. The van der Waals surface area contributed by atoms with E-state index in [9.17, 15) is 8.42 Å². The van der Waals surface area contributed by atoms with Crippen molar-refractivity contribution in [2.75, 3.05) is 23.9 Å². The smallest absolute Gasteiger partial charge is 0.152 e. The van der Waals surface area contributed by atoms with Gasteiger partial charge in [0, 0.05) is 28.9 Å². The highest BCUT2D eigenvalue weighted by atomic mass is 32.2. The highest BCUT2D eigenvalue weighted by Crippen LogP contribution is 2.28. The molecule has 21 heavy (non-hydrogen) atoms. The predicted octanol–water partition coefficient (Wildman–Crippen LogP) is 2.15. The first-order chi connectivity index (χ1) is 9.97. The Morgan fingerprint density at radius 3 is 2.81 bits per heavy atom. The number of nitrogens with one attached hydrogen (secondary N) is 1. The highest BCUT2D eigenvalue weighted by Gasteiger charge is 2.28. The number of fused-ring (bicyclic) bond motifs is 1. The van der Waals surface area contributed by atoms with E-state index in [0.717, 1.165) is 28.0 Å². The molecule has 1 aromatic heterocycles. The van der Waals surface area contributed by atoms with Gasteiger partial charge in [0.15, 0.2) is 9.84 Å². The van der Waals surface area contributed by atoms with Crippen LogP contribution >= 0.6 is 0 Å². The van der Waals surface area contributed by atoms with E-state index in [1.54, 1.807) is 7.11 Å². The van der Waals surface area contributed by atoms with Crippen LogP contribution in [0.25, 0.3) is 10.9 Å². The minimum Gasteiger partial charge on any atom is -0.497 e. The number of hydrogen-bond donors (Lipinski definition) is 1. The van der Waals surface area contributed by atoms with E-state index < -0.39 is 9.84 Å². The summed E-state index contributed by atoms with van der Waals surface area (Å²) in [5.74, 6) is 1.22. The van der Waals surface area contributed by atoms with Crippen molar-refractivity contribution >= 4 is 26.4 Å². The third kappa shape index (κ3) is 2.95. The number of pyridine rings is 1. The van der Waals surface area contributed by atoms with Gasteiger partial charge in [-0.1, -0.05) is 0 Å². The molecule has 1 unspecified atom stereocenters. The van der Waals surface area contributed by atoms with E-state index in [1.807, 2.05) is 31.2 Å². The van der Waals surface area contributed by atoms with Crippen molar-refractivity contribution < 1.29 is 13.2 Å². The van der Waals surface area contributed by atoms with Crippen molar-refractivity contribution in [1.82, 2.24) is 4.98 Å². The molecule has 0 amide bonds. The van der Waals surface area contributed by atoms with Crippen LogP contribution in [0.5, 0.6) is 5.75 Å². The van der Waals surface area contributed by atoms with Gasteiger partial charge in [0.25, 0.3) is 0 Å². The Morgan fingerprint density at radius 2 is 2.14 bits per heavy atom. The Bertz CT molecular complexity index is 787. The van der Waals surface area contributed by atoms with Gasteiger partial charge in [-0.15, -0.1) is 0 Å². The second kappa shape index (κ2) is 5.18. The zero-order valence-electron chi connectivity index (χ0n) is 12.1. The summed E-state index contributed by atoms with van der Waals surface area (Å²) in [6.07, 6.45) is 0.654. The molecule has 6 heteroatoms. The molecule has 0 bridgehead atoms. The lowest BCUT2D eigenvalue weighted by molar-refractivity contribution is 0.415. The number of sulfone groups is 1. The molecule has 1 fully saturated rings. The van der Waals surface area contributed by atoms with Crippen molar-refractivity contribution in [3.63, 3.8) is 0 Å². The zero-order chi connectivity index (χ0) is 15.0. The summed E-state index contributed by atoms with van der Waals surface area (Å²) in [5.41, 5.74) is 2.67. The largest absolute Gasteiger partial charge is 0.497 e. The lowest BCUT2D eigenvalue weighted by atomic mass is 10.1. The maximum Gasteiger partial charge on any atom is 0.152 e. The van der Waals surface area contributed by atoms with Gasteiger partial charge >= 0.3 is 0 Å². The van der Waals surface area contributed by atoms with E-state index in [1.165, 1.54) is 0 Å². The second-order valence-electron chi connectivity index (χ2n) is 5.44. The van der Waals surface area contributed by atoms with E-state index >= 15 is 0 Å². The van der Waals surface area contributed by atoms with E-state index in [4.69, 9.17) is 4.74 Å². The van der Waals surface area contributed by atoms with Crippen molar-refractivity contribution in [3.05, 3.63) is 30.0 Å². The molecule has 1 N–H and O–H groups in total. The van der Waals surface area contributed by atoms with Crippen molar-refractivity contribution in [1.29, 1.82) is 0 Å². The van der Waals surface area contributed by atoms with Gasteiger partial charge in [0.1, 0.15) is 5.75 Å². The summed E-state index contributed by atoms with van der Waals surface area (Å²) in [6.45, 7) is 1.93. The zero-order valence-corrected chi connectivity index (χ0v) is 12.9. The fourth-order valence-electron chi connectivity index (χ4n) is 2.72. The minimum absolute atomic E-state index is 0.0258. The molecule has 1 aliphatic heterocycles. The Morgan fingerprint density at radius 1 is 1.33 bits per heavy atom. The fourth-order valence-corrected chi connectivity index (χ4v) is 4.39. The normalized spacial score (nSPS) is 20.6. The topological polar surface area (TPSA) is 68.3 Å². The lowest BCUT2D eigenvalue weighted by Crippen LogP contribution is -2.20. The van der Waals surface area contributed by atoms with E-state index in [2.05, 4.69) is 10.3 Å². The monoisotopic (exact) mass is 306 g/mol. The molecular formula is C15H18N2O3S. The quantitative estimate of drug-likeness (QED) is 0.941. The molecule has 112 valence electrons. The maximum atomic E-state index is 11.6. The number of ether oxygens (including phenoxy) is 1. The van der Waals surface area contributed by atoms with Gasteiger partial charge in [0.05, 0.1) is 24.1 Å². The summed E-state index contributed by atoms with van der Waals surface area (Å²) in [6, 6.07) is 7.66. The number of hydrogen-bond acceptors (Lipinski definition) is 5. The number of aryl methyl sites for hydroxylation is 1. The van der Waals surface area contributed by atoms with Crippen LogP contribution < -0.4 is 10.1 Å². The Kier molecular flexibility index (Phi) is 3.49. The van der Waals surface area contributed by atoms with Crippen LogP contribution in [0.2, 0.25) is 0 Å². The molecule has 0 saturated carbocycles. The summed E-state index contributed by atoms with van der Waals surface area (Å²) in [7, 11) is -1.26. The standard InChI is InChI=1S/C15H18N2O3S/c1-10-7-14(17-11-5-6-21(18,19)9-11)13-4-3-12(20-2)8-15(13)16-10/h3-4,7-8,11H,5-6,9H2,1-2H3,(H,16,17). The van der Waals surface area contributed by atoms with Gasteiger partial charge in [-0.05, 0) is 31.5 Å². The number of benzene rings is 1. The number of anilines is 1. The molecular weight excluding hydrogens is 288 g/mol. The van der Waals surface area contributed by atoms with Gasteiger partial charge < -0.3 is 10.1 Å². The Hall–Kier alpha value is -1.82. The molecule has 5 nitrogen and oxygen atoms in total. The number of nitrogens with zero attached hydrogens (tertiary/aromatic N) is 1. The molecule has 1 aliphatic rings. The predicted molar refractivity (Wildman–Crippen MR) is 83.7 cm³/mol. The first-order valence-electron chi connectivity index (χ1n) is 6.89. The average molecular weight is 306 g/mol. The van der Waals surface area contributed by atoms with E-state index in [-0.39, 0.29) is 17.5 Å². The number of methoxy groups -OCH3 is 1. The molecule has 3 rings (SSSR count). The van der Waals surface area contributed by atoms with Gasteiger partial charge in [-0.25, -0.2) is 8.42 Å². The van der Waals surface area contributed by atoms with E-state index in [0.29, 0.717) is 6.42 Å². The third-order valence-electron chi connectivity index (χ3n) is 3.74. The summed E-state index contributed by atoms with van der Waals surface area (Å²) >= 11 is 0. The second-order valence-corrected chi connectivity index (χ2v) is 7.67. The molecule has 0 radical (unpaired) electrons. The molecule has 2 heterocycles. The first-order valence-corrected chi connectivity index (χ1v) is 8.71. The maximum absolute atomic E-state index is 11.6. The fraction of sp³-hybridized carbons (Fsp3) is 0.400. The van der Waals surface area contributed by atoms with Crippen molar-refractivity contribution in [2.24, 2.45) is 0 Å². The van der Waals surface area contributed by atoms with Crippen LogP contribution in [0.15, 0.2) is 24.3 Å². The third-order valence-corrected chi connectivity index (χ3v) is 5.51. The van der Waals surface area contributed by atoms with Crippen LogP contribution in [0.1, 0.15) is 12.1 Å². The van der Waals surface area contributed by atoms with Crippen molar-refractivity contribution in [3.8, 4) is 5.75 Å². The minimum atomic E-state index is -2.89. The lowest BCUT2D eigenvalue weighted by Gasteiger charge is -2.15. The summed E-state index contributed by atoms with van der Waals surface area (Å²) in [4.78, 5) is 4.51. The van der Waals surface area contributed by atoms with Crippen LogP contribution in [0.3, 0.4) is 0 Å². The molecule has 1 atom stereocenters. The summed E-state index contributed by atoms with van der Waals surface area (Å²) in [5, 5.41) is 4.34. The highest BCUT2D eigenvalue weighted by molar-refractivity contribution is 7.91. The Balaban J connectivity index is 1.98. The molecule has 1 aromatic carbocycles. The average Bonchev–Trinajstić information content (AvgIpc) is 2.77. The van der Waals surface area contributed by atoms with Crippen LogP contribution in [0.4, 0.5) is 5.69 Å². The van der Waals surface area contributed by atoms with Gasteiger partial charge in [-0.2, -0.15) is 0 Å². The SMILES string of the molecule is COc1ccc2c(NC3CCS(=O)(=O)C3)cc(C)nc2c1. The van der Waals surface area contributed by atoms with Crippen LogP contribution in [-0.2, 0) is 9.84 Å². The molecule has 0 aliphatic carbocycles. The van der Waals surface area contributed by atoms with Crippen molar-refractivity contribution in [2.45, 2.75) is 19.4 Å². The Labute approximate surface area is 124 Å². The van der Waals surface area contributed by atoms with Gasteiger partial charge in [-0.3, -0.25) is 4.98 Å². The molecule has 1 saturated heterocycles. The van der Waals surface area contributed by atoms with Gasteiger partial charge in [0.2, 0.25) is 0 Å². The number of rotatable bonds is 3. The molecule has 0 spiro atoms. The first kappa shape index (κ1) is 14.1. The number of aromatic nitrogens is 1.